The summed E-state index contributed by atoms with van der Waals surface area (Å²) in [5.74, 6) is 0. The number of para-hydroxylation sites is 7. The second-order valence-electron chi connectivity index (χ2n) is 23.4. The first-order valence-corrected chi connectivity index (χ1v) is 31.0. The van der Waals surface area contributed by atoms with E-state index in [-0.39, 0.29) is 0 Å². The molecule has 0 saturated carbocycles. The molecule has 0 fully saturated rings. The van der Waals surface area contributed by atoms with E-state index in [4.69, 9.17) is 0 Å². The minimum absolute atomic E-state index is 0.781. The topological polar surface area (TPSA) is 18.0 Å². The van der Waals surface area contributed by atoms with Crippen molar-refractivity contribution < 1.29 is 0 Å². The molecule has 90 heavy (non-hydrogen) atoms. The minimum atomic E-state index is 0.781. The van der Waals surface area contributed by atoms with Crippen molar-refractivity contribution in [3.05, 3.63) is 351 Å². The molecule has 0 unspecified atom stereocenters. The zero-order chi connectivity index (χ0) is 60.1. The highest BCUT2D eigenvalue weighted by Gasteiger charge is 2.19. The molecule has 4 nitrogen and oxygen atoms in total. The fourth-order valence-corrected chi connectivity index (χ4v) is 13.7. The van der Waals surface area contributed by atoms with Gasteiger partial charge in [0.05, 0.1) is 33.1 Å². The predicted octanol–water partition coefficient (Wildman–Crippen LogP) is 22.9. The molecule has 0 spiro atoms. The molecule has 1 aliphatic rings. The minimum Gasteiger partial charge on any atom is -0.337 e. The smallest absolute Gasteiger partial charge is 0.0541 e. The van der Waals surface area contributed by atoms with Gasteiger partial charge in [-0.3, -0.25) is 0 Å². The lowest BCUT2D eigenvalue weighted by molar-refractivity contribution is 1.08. The van der Waals surface area contributed by atoms with E-state index < -0.39 is 0 Å². The highest BCUT2D eigenvalue weighted by Crippen LogP contribution is 2.40. The Balaban J connectivity index is 0.000000151. The summed E-state index contributed by atoms with van der Waals surface area (Å²) in [6, 6.07) is 112. The number of rotatable bonds is 8. The Morgan fingerprint density at radius 2 is 0.600 bits per heavy atom. The molecule has 4 heterocycles. The summed E-state index contributed by atoms with van der Waals surface area (Å²) in [4.78, 5) is 2.39. The number of aryl methyl sites for hydroxylation is 1. The van der Waals surface area contributed by atoms with Gasteiger partial charge in [0, 0.05) is 72.9 Å². The van der Waals surface area contributed by atoms with E-state index in [0.29, 0.717) is 0 Å². The largest absolute Gasteiger partial charge is 0.337 e. The number of allylic oxidation sites excluding steroid dienone is 4. The first kappa shape index (κ1) is 53.7. The lowest BCUT2D eigenvalue weighted by Gasteiger charge is -2.28. The van der Waals surface area contributed by atoms with Crippen molar-refractivity contribution in [3.8, 4) is 61.6 Å². The van der Waals surface area contributed by atoms with E-state index in [2.05, 4.69) is 366 Å². The van der Waals surface area contributed by atoms with Gasteiger partial charge in [0.1, 0.15) is 0 Å². The molecule has 17 rings (SSSR count). The maximum atomic E-state index is 4.34. The van der Waals surface area contributed by atoms with E-state index in [1.165, 1.54) is 138 Å². The second-order valence-corrected chi connectivity index (χ2v) is 23.4. The van der Waals surface area contributed by atoms with Gasteiger partial charge in [-0.05, 0) is 166 Å². The maximum Gasteiger partial charge on any atom is 0.0541 e. The monoisotopic (exact) mass is 1150 g/mol. The molecule has 0 atom stereocenters. The van der Waals surface area contributed by atoms with Crippen molar-refractivity contribution in [3.63, 3.8) is 0 Å². The number of hydrogen-bond donors (Lipinski definition) is 0. The Morgan fingerprint density at radius 3 is 0.989 bits per heavy atom. The number of aromatic nitrogens is 3. The second kappa shape index (κ2) is 22.9. The Labute approximate surface area is 524 Å². The molecule has 16 aromatic rings. The molecule has 0 amide bonds. The van der Waals surface area contributed by atoms with Crippen LogP contribution < -0.4 is 4.90 Å². The SMILES string of the molecule is C=C1/C=C\C=C/CN(c2ccc(-c3cccc(-c4cccc(-c5ccc(-n6c7ccccc7c7ccccc76)cc5)c4)c3)cc2C)c2ccccc21.c1ccc2c(c1)c1ccccc1n2-c1ccc(-c2ccc(-n3c4ccccc4c4ccccc43)cc2)cc1. The van der Waals surface area contributed by atoms with Gasteiger partial charge < -0.3 is 18.6 Å². The van der Waals surface area contributed by atoms with Crippen LogP contribution in [-0.2, 0) is 0 Å². The third-order valence-electron chi connectivity index (χ3n) is 18.0. The Kier molecular flexibility index (Phi) is 13.6. The zero-order valence-corrected chi connectivity index (χ0v) is 50.0. The summed E-state index contributed by atoms with van der Waals surface area (Å²) < 4.78 is 7.09. The molecule has 426 valence electrons. The molecule has 4 heteroatoms. The highest BCUT2D eigenvalue weighted by atomic mass is 15.1. The Bertz CT molecular complexity index is 5160. The lowest BCUT2D eigenvalue weighted by atomic mass is 9.95. The van der Waals surface area contributed by atoms with Crippen molar-refractivity contribution >= 4 is 82.4 Å². The molecule has 0 N–H and O–H groups in total. The van der Waals surface area contributed by atoms with Gasteiger partial charge >= 0.3 is 0 Å². The van der Waals surface area contributed by atoms with Crippen LogP contribution in [0.5, 0.6) is 0 Å². The van der Waals surface area contributed by atoms with Crippen LogP contribution in [0.4, 0.5) is 11.4 Å². The van der Waals surface area contributed by atoms with Crippen molar-refractivity contribution in [1.82, 2.24) is 13.7 Å². The van der Waals surface area contributed by atoms with Gasteiger partial charge in [-0.15, -0.1) is 0 Å². The number of benzene rings is 13. The Hall–Kier alpha value is -11.7. The van der Waals surface area contributed by atoms with Gasteiger partial charge in [0.15, 0.2) is 0 Å². The molecule has 1 aliphatic heterocycles. The summed E-state index contributed by atoms with van der Waals surface area (Å²) in [7, 11) is 0. The van der Waals surface area contributed by atoms with Gasteiger partial charge in [-0.25, -0.2) is 0 Å². The third kappa shape index (κ3) is 9.59. The zero-order valence-electron chi connectivity index (χ0n) is 50.0. The fourth-order valence-electron chi connectivity index (χ4n) is 13.7. The first-order chi connectivity index (χ1) is 44.5. The number of nitrogens with zero attached hydrogens (tertiary/aromatic N) is 4. The van der Waals surface area contributed by atoms with Crippen LogP contribution in [0.2, 0.25) is 0 Å². The summed E-state index contributed by atoms with van der Waals surface area (Å²) in [6.45, 7) is 7.34. The van der Waals surface area contributed by atoms with Gasteiger partial charge in [0.2, 0.25) is 0 Å². The van der Waals surface area contributed by atoms with Crippen LogP contribution in [0.25, 0.3) is 133 Å². The average Bonchev–Trinajstić information content (AvgIpc) is 1.67. The molecular weight excluding hydrogens is 1090 g/mol. The number of anilines is 2. The quantitative estimate of drug-likeness (QED) is 0.148. The van der Waals surface area contributed by atoms with Gasteiger partial charge in [-0.2, -0.15) is 0 Å². The van der Waals surface area contributed by atoms with E-state index in [0.717, 1.165) is 23.4 Å². The van der Waals surface area contributed by atoms with Crippen LogP contribution in [0.15, 0.2) is 340 Å². The summed E-state index contributed by atoms with van der Waals surface area (Å²) in [6.07, 6.45) is 8.47. The van der Waals surface area contributed by atoms with E-state index in [1.54, 1.807) is 0 Å². The predicted molar refractivity (Wildman–Crippen MR) is 383 cm³/mol. The van der Waals surface area contributed by atoms with Gasteiger partial charge in [0.25, 0.3) is 0 Å². The van der Waals surface area contributed by atoms with E-state index in [9.17, 15) is 0 Å². The Morgan fingerprint density at radius 1 is 0.278 bits per heavy atom. The van der Waals surface area contributed by atoms with Crippen LogP contribution in [0.3, 0.4) is 0 Å². The van der Waals surface area contributed by atoms with Gasteiger partial charge in [-0.1, -0.05) is 237 Å². The molecule has 0 aliphatic carbocycles. The van der Waals surface area contributed by atoms with Crippen molar-refractivity contribution in [1.29, 1.82) is 0 Å². The van der Waals surface area contributed by atoms with E-state index in [1.807, 2.05) is 0 Å². The fraction of sp³-hybridized carbons (Fsp3) is 0.0233. The van der Waals surface area contributed by atoms with Crippen molar-refractivity contribution in [2.24, 2.45) is 0 Å². The van der Waals surface area contributed by atoms with Crippen LogP contribution in [-0.4, -0.2) is 20.2 Å². The molecule has 0 radical (unpaired) electrons. The summed E-state index contributed by atoms with van der Waals surface area (Å²) >= 11 is 0. The van der Waals surface area contributed by atoms with Crippen molar-refractivity contribution in [2.45, 2.75) is 6.92 Å². The standard InChI is InChI=1S/C50H38N2.C36H24N2/c1-35-14-4-3-11-31-51(48-22-8-5-19-44(35)48)47-30-27-42(32-36(47)2)41-18-13-17-40(34-41)39-16-12-15-38(33-39)37-25-28-43(29-26-37)52-49-23-9-6-20-45(49)46-21-7-10-24-50(46)52;1-5-13-33-29(9-1)30-10-2-6-14-34(30)37(33)27-21-17-25(18-22-27)26-19-23-28(24-20-26)38-35-15-7-3-11-31(35)32-12-4-8-16-36(32)38/h3-30,32-34H,1,31H2,2H3;1-24H/b11-3-,14-4-;. The summed E-state index contributed by atoms with van der Waals surface area (Å²) in [5.41, 5.74) is 26.3. The normalized spacial score (nSPS) is 13.1. The molecular formula is C86H62N4. The average molecular weight is 1150 g/mol. The summed E-state index contributed by atoms with van der Waals surface area (Å²) in [5, 5.41) is 7.69. The first-order valence-electron chi connectivity index (χ1n) is 31.0. The lowest BCUT2D eigenvalue weighted by Crippen LogP contribution is -2.19. The molecule has 3 aromatic heterocycles. The molecule has 13 aromatic carbocycles. The van der Waals surface area contributed by atoms with Crippen LogP contribution >= 0.6 is 0 Å². The van der Waals surface area contributed by atoms with Crippen LogP contribution in [0.1, 0.15) is 11.1 Å². The molecule has 0 saturated heterocycles. The third-order valence-corrected chi connectivity index (χ3v) is 18.0. The number of fused-ring (bicyclic) bond motifs is 10. The number of hydrogen-bond acceptors (Lipinski definition) is 1. The molecule has 0 bridgehead atoms. The van der Waals surface area contributed by atoms with Crippen molar-refractivity contribution in [2.75, 3.05) is 11.4 Å². The maximum absolute atomic E-state index is 4.34. The van der Waals surface area contributed by atoms with E-state index >= 15 is 0 Å². The van der Waals surface area contributed by atoms with Crippen LogP contribution in [0, 0.1) is 6.92 Å². The highest BCUT2D eigenvalue weighted by molar-refractivity contribution is 6.11.